The molecule has 0 spiro atoms. The van der Waals surface area contributed by atoms with E-state index in [-0.39, 0.29) is 17.5 Å². The quantitative estimate of drug-likeness (QED) is 0.447. The number of carbonyl (C=O) groups is 2. The maximum Gasteiger partial charge on any atom is 0.256 e. The van der Waals surface area contributed by atoms with Gasteiger partial charge in [-0.1, -0.05) is 0 Å². The predicted octanol–water partition coefficient (Wildman–Crippen LogP) is 2.71. The van der Waals surface area contributed by atoms with Gasteiger partial charge in [-0.15, -0.1) is 0 Å². The van der Waals surface area contributed by atoms with Gasteiger partial charge in [-0.25, -0.2) is 18.1 Å². The first-order valence-corrected chi connectivity index (χ1v) is 12.4. The average Bonchev–Trinajstić information content (AvgIpc) is 3.53. The molecule has 1 atom stereocenters. The number of nitrogens with one attached hydrogen (secondary N) is 1. The van der Waals surface area contributed by atoms with Gasteiger partial charge in [0.05, 0.1) is 40.5 Å². The van der Waals surface area contributed by atoms with E-state index in [9.17, 15) is 18.0 Å². The van der Waals surface area contributed by atoms with E-state index in [0.29, 0.717) is 51.4 Å². The molecular formula is C23H21N5O5S. The third kappa shape index (κ3) is 3.94. The number of aromatic nitrogens is 3. The van der Waals surface area contributed by atoms with Crippen LogP contribution in [0.2, 0.25) is 0 Å². The molecule has 0 radical (unpaired) electrons. The first-order valence-electron chi connectivity index (χ1n) is 10.6. The number of carbonyl (C=O) groups excluding carboxylic acids is 2. The molecule has 1 aliphatic rings. The number of sulfone groups is 1. The van der Waals surface area contributed by atoms with Gasteiger partial charge < -0.3 is 15.5 Å². The number of primary amides is 1. The molecule has 1 aliphatic heterocycles. The van der Waals surface area contributed by atoms with Crippen LogP contribution in [-0.2, 0) is 9.84 Å². The summed E-state index contributed by atoms with van der Waals surface area (Å²) in [5, 5.41) is 7.93. The first-order chi connectivity index (χ1) is 16.2. The maximum absolute atomic E-state index is 13.4. The average molecular weight is 480 g/mol. The molecule has 1 saturated heterocycles. The minimum atomic E-state index is -3.15. The predicted molar refractivity (Wildman–Crippen MR) is 125 cm³/mol. The van der Waals surface area contributed by atoms with Gasteiger partial charge >= 0.3 is 0 Å². The van der Waals surface area contributed by atoms with Gasteiger partial charge in [0.2, 0.25) is 5.91 Å². The molecule has 11 heteroatoms. The highest BCUT2D eigenvalue weighted by Crippen LogP contribution is 2.32. The Labute approximate surface area is 194 Å². The van der Waals surface area contributed by atoms with E-state index < -0.39 is 21.7 Å². The zero-order valence-corrected chi connectivity index (χ0v) is 19.0. The number of benzene rings is 1. The van der Waals surface area contributed by atoms with Crippen molar-refractivity contribution in [3.8, 4) is 11.5 Å². The summed E-state index contributed by atoms with van der Waals surface area (Å²) >= 11 is 0. The van der Waals surface area contributed by atoms with E-state index >= 15 is 0 Å². The SMILES string of the molecule is Cc1nn([C@@H]2CCS(=O)(=O)C2)c2nc(-c3ccco3)cc(C(=O)Nc3ccc(C(N)=O)cc3)c12. The van der Waals surface area contributed by atoms with Gasteiger partial charge in [-0.05, 0) is 55.8 Å². The molecule has 3 aromatic heterocycles. The molecule has 0 bridgehead atoms. The molecule has 0 unspecified atom stereocenters. The summed E-state index contributed by atoms with van der Waals surface area (Å²) in [6.07, 6.45) is 1.94. The zero-order chi connectivity index (χ0) is 24.0. The lowest BCUT2D eigenvalue weighted by Gasteiger charge is -2.12. The van der Waals surface area contributed by atoms with Crippen molar-refractivity contribution in [2.75, 3.05) is 16.8 Å². The molecule has 0 aliphatic carbocycles. The zero-order valence-electron chi connectivity index (χ0n) is 18.2. The van der Waals surface area contributed by atoms with Crippen LogP contribution in [0.5, 0.6) is 0 Å². The standard InChI is InChI=1S/C23H21N5O5S/c1-13-20-17(23(30)25-15-6-4-14(5-7-15)21(24)29)11-18(19-3-2-9-33-19)26-22(20)28(27-13)16-8-10-34(31,32)12-16/h2-7,9,11,16H,8,10,12H2,1H3,(H2,24,29)(H,25,30)/t16-/m1/s1. The first kappa shape index (κ1) is 21.8. The lowest BCUT2D eigenvalue weighted by Crippen LogP contribution is -2.15. The number of anilines is 1. The van der Waals surface area contributed by atoms with Crippen LogP contribution in [0.25, 0.3) is 22.5 Å². The highest BCUT2D eigenvalue weighted by Gasteiger charge is 2.32. The van der Waals surface area contributed by atoms with Gasteiger partial charge in [-0.2, -0.15) is 5.10 Å². The number of hydrogen-bond acceptors (Lipinski definition) is 7. The Kier molecular flexibility index (Phi) is 5.20. The molecule has 4 aromatic rings. The molecule has 10 nitrogen and oxygen atoms in total. The summed E-state index contributed by atoms with van der Waals surface area (Å²) in [5.41, 5.74) is 7.81. The number of rotatable bonds is 5. The van der Waals surface area contributed by atoms with Gasteiger partial charge in [-0.3, -0.25) is 9.59 Å². The Morgan fingerprint density at radius 1 is 1.21 bits per heavy atom. The van der Waals surface area contributed by atoms with Crippen molar-refractivity contribution < 1.29 is 22.4 Å². The molecule has 3 N–H and O–H groups in total. The number of aryl methyl sites for hydroxylation is 1. The van der Waals surface area contributed by atoms with Crippen LogP contribution in [0, 0.1) is 6.92 Å². The second kappa shape index (κ2) is 8.10. The highest BCUT2D eigenvalue weighted by molar-refractivity contribution is 7.91. The molecule has 34 heavy (non-hydrogen) atoms. The summed E-state index contributed by atoms with van der Waals surface area (Å²) in [5.74, 6) is -0.442. The second-order valence-corrected chi connectivity index (χ2v) is 10.4. The summed E-state index contributed by atoms with van der Waals surface area (Å²) in [7, 11) is -3.15. The van der Waals surface area contributed by atoms with Crippen LogP contribution in [0.3, 0.4) is 0 Å². The minimum Gasteiger partial charge on any atom is -0.463 e. The summed E-state index contributed by atoms with van der Waals surface area (Å²) in [6, 6.07) is 10.9. The molecule has 2 amide bonds. The molecule has 4 heterocycles. The van der Waals surface area contributed by atoms with Gasteiger partial charge in [0, 0.05) is 11.3 Å². The Hall–Kier alpha value is -3.99. The van der Waals surface area contributed by atoms with Crippen LogP contribution in [0.15, 0.2) is 53.1 Å². The highest BCUT2D eigenvalue weighted by atomic mass is 32.2. The monoisotopic (exact) mass is 479 g/mol. The third-order valence-corrected chi connectivity index (χ3v) is 7.59. The Morgan fingerprint density at radius 3 is 2.59 bits per heavy atom. The normalized spacial score (nSPS) is 17.1. The summed E-state index contributed by atoms with van der Waals surface area (Å²) in [6.45, 7) is 1.76. The van der Waals surface area contributed by atoms with Crippen molar-refractivity contribution in [2.45, 2.75) is 19.4 Å². The van der Waals surface area contributed by atoms with Crippen molar-refractivity contribution in [2.24, 2.45) is 5.73 Å². The number of hydrogen-bond donors (Lipinski definition) is 2. The van der Waals surface area contributed by atoms with Crippen molar-refractivity contribution in [1.82, 2.24) is 14.8 Å². The fraction of sp³-hybridized carbons (Fsp3) is 0.217. The van der Waals surface area contributed by atoms with Crippen LogP contribution in [0.4, 0.5) is 5.69 Å². The van der Waals surface area contributed by atoms with Crippen LogP contribution >= 0.6 is 0 Å². The van der Waals surface area contributed by atoms with E-state index in [1.807, 2.05) is 0 Å². The minimum absolute atomic E-state index is 0.0242. The van der Waals surface area contributed by atoms with E-state index in [0.717, 1.165) is 0 Å². The molecular weight excluding hydrogens is 458 g/mol. The lowest BCUT2D eigenvalue weighted by atomic mass is 10.1. The smallest absolute Gasteiger partial charge is 0.256 e. The number of amides is 2. The molecule has 1 fully saturated rings. The summed E-state index contributed by atoms with van der Waals surface area (Å²) < 4.78 is 31.3. The maximum atomic E-state index is 13.4. The number of pyridine rings is 1. The number of nitrogens with zero attached hydrogens (tertiary/aromatic N) is 3. The lowest BCUT2D eigenvalue weighted by molar-refractivity contribution is 0.0998. The van der Waals surface area contributed by atoms with E-state index in [4.69, 9.17) is 15.1 Å². The summed E-state index contributed by atoms with van der Waals surface area (Å²) in [4.78, 5) is 29.4. The van der Waals surface area contributed by atoms with Crippen molar-refractivity contribution >= 4 is 38.4 Å². The number of nitrogens with two attached hydrogens (primary N) is 1. The van der Waals surface area contributed by atoms with Gasteiger partial charge in [0.25, 0.3) is 5.91 Å². The van der Waals surface area contributed by atoms with Gasteiger partial charge in [0.1, 0.15) is 5.69 Å². The van der Waals surface area contributed by atoms with E-state index in [2.05, 4.69) is 10.4 Å². The molecule has 174 valence electrons. The molecule has 0 saturated carbocycles. The van der Waals surface area contributed by atoms with Crippen molar-refractivity contribution in [3.63, 3.8) is 0 Å². The van der Waals surface area contributed by atoms with Crippen molar-refractivity contribution in [1.29, 1.82) is 0 Å². The van der Waals surface area contributed by atoms with Crippen LogP contribution in [0.1, 0.15) is 38.9 Å². The molecule has 5 rings (SSSR count). The Morgan fingerprint density at radius 2 is 1.97 bits per heavy atom. The van der Waals surface area contributed by atoms with Crippen LogP contribution < -0.4 is 11.1 Å². The van der Waals surface area contributed by atoms with Gasteiger partial charge in [0.15, 0.2) is 21.2 Å². The number of fused-ring (bicyclic) bond motifs is 1. The number of furan rings is 1. The Balaban J connectivity index is 1.61. The topological polar surface area (TPSA) is 150 Å². The fourth-order valence-corrected chi connectivity index (χ4v) is 5.87. The van der Waals surface area contributed by atoms with E-state index in [1.165, 1.54) is 18.4 Å². The fourth-order valence-electron chi connectivity index (χ4n) is 4.18. The largest absolute Gasteiger partial charge is 0.463 e. The molecule has 1 aromatic carbocycles. The third-order valence-electron chi connectivity index (χ3n) is 5.84. The second-order valence-electron chi connectivity index (χ2n) is 8.21. The van der Waals surface area contributed by atoms with Crippen LogP contribution in [-0.4, -0.2) is 46.5 Å². The van der Waals surface area contributed by atoms with E-state index in [1.54, 1.807) is 41.9 Å². The van der Waals surface area contributed by atoms with Crippen molar-refractivity contribution in [3.05, 3.63) is 65.5 Å². The Bertz CT molecular complexity index is 1520.